The van der Waals surface area contributed by atoms with Crippen LogP contribution in [0.1, 0.15) is 36.6 Å². The van der Waals surface area contributed by atoms with Crippen molar-refractivity contribution in [3.8, 4) is 0 Å². The Kier molecular flexibility index (Phi) is 1.29. The lowest BCUT2D eigenvalue weighted by molar-refractivity contribution is 0.384. The van der Waals surface area contributed by atoms with E-state index < -0.39 is 0 Å². The third kappa shape index (κ3) is 0.966. The van der Waals surface area contributed by atoms with Crippen LogP contribution in [-0.2, 0) is 6.42 Å². The maximum Gasteiger partial charge on any atom is 0.141 e. The highest BCUT2D eigenvalue weighted by Crippen LogP contribution is 2.33. The van der Waals surface area contributed by atoms with Crippen molar-refractivity contribution in [2.75, 3.05) is 0 Å². The third-order valence-electron chi connectivity index (χ3n) is 2.73. The van der Waals surface area contributed by atoms with E-state index >= 15 is 0 Å². The highest BCUT2D eigenvalue weighted by atomic mass is 16.5. The van der Waals surface area contributed by atoms with Gasteiger partial charge in [0.05, 0.1) is 6.20 Å². The van der Waals surface area contributed by atoms with Crippen LogP contribution < -0.4 is 5.32 Å². The van der Waals surface area contributed by atoms with Crippen molar-refractivity contribution in [2.24, 2.45) is 0 Å². The minimum Gasteiger partial charge on any atom is -0.361 e. The summed E-state index contributed by atoms with van der Waals surface area (Å²) in [7, 11) is 0. The van der Waals surface area contributed by atoms with Crippen molar-refractivity contribution in [3.05, 3.63) is 17.5 Å². The molecule has 0 aromatic carbocycles. The zero-order valence-electron chi connectivity index (χ0n) is 6.92. The smallest absolute Gasteiger partial charge is 0.141 e. The van der Waals surface area contributed by atoms with Gasteiger partial charge in [-0.05, 0) is 19.3 Å². The van der Waals surface area contributed by atoms with Gasteiger partial charge in [-0.25, -0.2) is 0 Å². The topological polar surface area (TPSA) is 38.1 Å². The van der Waals surface area contributed by atoms with E-state index in [4.69, 9.17) is 4.52 Å². The first kappa shape index (κ1) is 6.66. The van der Waals surface area contributed by atoms with Gasteiger partial charge in [0.25, 0.3) is 0 Å². The quantitative estimate of drug-likeness (QED) is 0.718. The van der Waals surface area contributed by atoms with Gasteiger partial charge < -0.3 is 9.84 Å². The van der Waals surface area contributed by atoms with Crippen molar-refractivity contribution in [1.29, 1.82) is 0 Å². The molecular weight excluding hydrogens is 152 g/mol. The highest BCUT2D eigenvalue weighted by Gasteiger charge is 2.31. The molecule has 0 bridgehead atoms. The number of aryl methyl sites for hydroxylation is 1. The van der Waals surface area contributed by atoms with Gasteiger partial charge in [0.2, 0.25) is 0 Å². The lowest BCUT2D eigenvalue weighted by atomic mass is 10.2. The molecule has 0 radical (unpaired) electrons. The molecule has 2 aliphatic carbocycles. The summed E-state index contributed by atoms with van der Waals surface area (Å²) in [5.41, 5.74) is 1.29. The van der Waals surface area contributed by atoms with E-state index in [0.717, 1.165) is 18.2 Å². The minimum atomic E-state index is 0.527. The van der Waals surface area contributed by atoms with E-state index in [-0.39, 0.29) is 0 Å². The van der Waals surface area contributed by atoms with Crippen LogP contribution in [0.3, 0.4) is 0 Å². The van der Waals surface area contributed by atoms with Crippen LogP contribution in [-0.4, -0.2) is 11.2 Å². The number of fused-ring (bicyclic) bond motifs is 1. The Labute approximate surface area is 71.1 Å². The monoisotopic (exact) mass is 164 g/mol. The van der Waals surface area contributed by atoms with Crippen LogP contribution in [0.15, 0.2) is 10.7 Å². The Morgan fingerprint density at radius 3 is 3.17 bits per heavy atom. The zero-order chi connectivity index (χ0) is 7.97. The van der Waals surface area contributed by atoms with Crippen molar-refractivity contribution in [3.63, 3.8) is 0 Å². The van der Waals surface area contributed by atoms with E-state index in [0.29, 0.717) is 6.04 Å². The molecule has 3 rings (SSSR count). The van der Waals surface area contributed by atoms with Crippen molar-refractivity contribution in [1.82, 2.24) is 10.5 Å². The summed E-state index contributed by atoms with van der Waals surface area (Å²) >= 11 is 0. The Hall–Kier alpha value is -0.830. The zero-order valence-corrected chi connectivity index (χ0v) is 6.92. The standard InChI is InChI=1S/C9H12N2O/c1-2-6(1)11-8-3-4-9-7(8)5-10-12-9/h5-6,8,11H,1-4H2. The second kappa shape index (κ2) is 2.33. The second-order valence-corrected chi connectivity index (χ2v) is 3.74. The van der Waals surface area contributed by atoms with Crippen LogP contribution in [0, 0.1) is 0 Å². The van der Waals surface area contributed by atoms with Crippen LogP contribution in [0.4, 0.5) is 0 Å². The molecule has 1 aromatic heterocycles. The van der Waals surface area contributed by atoms with Gasteiger partial charge in [-0.2, -0.15) is 0 Å². The molecule has 0 saturated heterocycles. The molecule has 3 heteroatoms. The molecule has 0 amide bonds. The van der Waals surface area contributed by atoms with Gasteiger partial charge in [0.15, 0.2) is 0 Å². The molecule has 0 spiro atoms. The summed E-state index contributed by atoms with van der Waals surface area (Å²) in [4.78, 5) is 0. The summed E-state index contributed by atoms with van der Waals surface area (Å²) in [6.45, 7) is 0. The number of nitrogens with one attached hydrogen (secondary N) is 1. The third-order valence-corrected chi connectivity index (χ3v) is 2.73. The van der Waals surface area contributed by atoms with Crippen LogP contribution in [0.5, 0.6) is 0 Å². The number of nitrogens with zero attached hydrogens (tertiary/aromatic N) is 1. The molecule has 64 valence electrons. The van der Waals surface area contributed by atoms with Crippen LogP contribution in [0.2, 0.25) is 0 Å². The molecule has 1 aromatic rings. The molecule has 2 aliphatic rings. The van der Waals surface area contributed by atoms with E-state index in [2.05, 4.69) is 10.5 Å². The number of hydrogen-bond donors (Lipinski definition) is 1. The molecule has 1 fully saturated rings. The Morgan fingerprint density at radius 1 is 1.42 bits per heavy atom. The fraction of sp³-hybridized carbons (Fsp3) is 0.667. The minimum absolute atomic E-state index is 0.527. The Morgan fingerprint density at radius 2 is 2.33 bits per heavy atom. The summed E-state index contributed by atoms with van der Waals surface area (Å²) in [6, 6.07) is 1.30. The number of aromatic nitrogens is 1. The Balaban J connectivity index is 1.80. The fourth-order valence-corrected chi connectivity index (χ4v) is 1.88. The van der Waals surface area contributed by atoms with Gasteiger partial charge in [-0.1, -0.05) is 5.16 Å². The molecular formula is C9H12N2O. The van der Waals surface area contributed by atoms with Gasteiger partial charge in [0, 0.05) is 24.1 Å². The molecule has 3 nitrogen and oxygen atoms in total. The highest BCUT2D eigenvalue weighted by molar-refractivity contribution is 5.24. The predicted molar refractivity (Wildman–Crippen MR) is 43.7 cm³/mol. The first-order valence-corrected chi connectivity index (χ1v) is 4.63. The van der Waals surface area contributed by atoms with Gasteiger partial charge in [0.1, 0.15) is 5.76 Å². The maximum atomic E-state index is 5.12. The molecule has 0 aliphatic heterocycles. The molecule has 12 heavy (non-hydrogen) atoms. The first-order valence-electron chi connectivity index (χ1n) is 4.63. The van der Waals surface area contributed by atoms with Crippen molar-refractivity contribution < 1.29 is 4.52 Å². The average Bonchev–Trinajstić information content (AvgIpc) is 2.63. The molecule has 1 heterocycles. The van der Waals surface area contributed by atoms with Crippen molar-refractivity contribution >= 4 is 0 Å². The summed E-state index contributed by atoms with van der Waals surface area (Å²) in [6.07, 6.45) is 6.80. The summed E-state index contributed by atoms with van der Waals surface area (Å²) in [5.74, 6) is 1.09. The van der Waals surface area contributed by atoms with Gasteiger partial charge in [-0.3, -0.25) is 0 Å². The summed E-state index contributed by atoms with van der Waals surface area (Å²) < 4.78 is 5.12. The second-order valence-electron chi connectivity index (χ2n) is 3.74. The Bertz CT molecular complexity index is 290. The van der Waals surface area contributed by atoms with Crippen LogP contribution >= 0.6 is 0 Å². The van der Waals surface area contributed by atoms with Crippen LogP contribution in [0.25, 0.3) is 0 Å². The first-order chi connectivity index (χ1) is 5.93. The van der Waals surface area contributed by atoms with E-state index in [1.165, 1.54) is 24.8 Å². The van der Waals surface area contributed by atoms with E-state index in [9.17, 15) is 0 Å². The molecule has 1 unspecified atom stereocenters. The lowest BCUT2D eigenvalue weighted by Crippen LogP contribution is -2.20. The largest absolute Gasteiger partial charge is 0.361 e. The average molecular weight is 164 g/mol. The molecule has 1 saturated carbocycles. The van der Waals surface area contributed by atoms with Crippen molar-refractivity contribution in [2.45, 2.75) is 37.8 Å². The SMILES string of the molecule is c1noc2c1C(NC1CC1)CC2. The maximum absolute atomic E-state index is 5.12. The fourth-order valence-electron chi connectivity index (χ4n) is 1.88. The van der Waals surface area contributed by atoms with E-state index in [1.807, 2.05) is 6.20 Å². The lowest BCUT2D eigenvalue weighted by Gasteiger charge is -2.09. The molecule has 1 atom stereocenters. The summed E-state index contributed by atoms with van der Waals surface area (Å²) in [5, 5.41) is 7.40. The number of hydrogen-bond acceptors (Lipinski definition) is 3. The van der Waals surface area contributed by atoms with Gasteiger partial charge in [-0.15, -0.1) is 0 Å². The predicted octanol–water partition coefficient (Wildman–Crippen LogP) is 1.41. The van der Waals surface area contributed by atoms with E-state index in [1.54, 1.807) is 0 Å². The normalized spacial score (nSPS) is 27.5. The van der Waals surface area contributed by atoms with Gasteiger partial charge >= 0.3 is 0 Å². The molecule has 1 N–H and O–H groups in total. The number of rotatable bonds is 2.